The van der Waals surface area contributed by atoms with Crippen LogP contribution in [0.5, 0.6) is 11.5 Å². The SMILES string of the molecule is COc1ccc(CNC(=O)CCC(=O)N2C[C@H](C)Oc3ccc(C)cc32)cc1. The number of anilines is 1. The molecule has 6 heteroatoms. The zero-order valence-corrected chi connectivity index (χ0v) is 16.5. The number of rotatable bonds is 6. The summed E-state index contributed by atoms with van der Waals surface area (Å²) in [6.45, 7) is 4.83. The van der Waals surface area contributed by atoms with E-state index in [1.54, 1.807) is 12.0 Å². The number of amides is 2. The molecule has 1 N–H and O–H groups in total. The van der Waals surface area contributed by atoms with E-state index in [1.165, 1.54) is 0 Å². The molecule has 1 atom stereocenters. The highest BCUT2D eigenvalue weighted by atomic mass is 16.5. The van der Waals surface area contributed by atoms with Gasteiger partial charge < -0.3 is 19.7 Å². The van der Waals surface area contributed by atoms with Gasteiger partial charge in [-0.05, 0) is 49.2 Å². The molecule has 0 saturated heterocycles. The molecule has 1 aliphatic rings. The summed E-state index contributed by atoms with van der Waals surface area (Å²) in [6, 6.07) is 13.3. The third-order valence-electron chi connectivity index (χ3n) is 4.69. The highest BCUT2D eigenvalue weighted by Gasteiger charge is 2.27. The molecule has 1 heterocycles. The minimum Gasteiger partial charge on any atom is -0.497 e. The van der Waals surface area contributed by atoms with Gasteiger partial charge in [0.15, 0.2) is 0 Å². The summed E-state index contributed by atoms with van der Waals surface area (Å²) >= 11 is 0. The molecular formula is C22H26N2O4. The maximum Gasteiger partial charge on any atom is 0.227 e. The van der Waals surface area contributed by atoms with Crippen molar-refractivity contribution in [2.75, 3.05) is 18.6 Å². The predicted octanol–water partition coefficient (Wildman–Crippen LogP) is 3.21. The Labute approximate surface area is 165 Å². The lowest BCUT2D eigenvalue weighted by Crippen LogP contribution is -2.42. The predicted molar refractivity (Wildman–Crippen MR) is 108 cm³/mol. The fourth-order valence-corrected chi connectivity index (χ4v) is 3.17. The smallest absolute Gasteiger partial charge is 0.227 e. The van der Waals surface area contributed by atoms with Gasteiger partial charge in [0.25, 0.3) is 0 Å². The molecule has 0 spiro atoms. The van der Waals surface area contributed by atoms with Crippen molar-refractivity contribution in [3.8, 4) is 11.5 Å². The molecule has 148 valence electrons. The Kier molecular flexibility index (Phi) is 6.19. The molecule has 1 aliphatic heterocycles. The van der Waals surface area contributed by atoms with Crippen molar-refractivity contribution in [1.29, 1.82) is 0 Å². The number of hydrogen-bond donors (Lipinski definition) is 1. The van der Waals surface area contributed by atoms with Crippen LogP contribution >= 0.6 is 0 Å². The molecule has 3 rings (SSSR count). The zero-order valence-electron chi connectivity index (χ0n) is 16.5. The van der Waals surface area contributed by atoms with Gasteiger partial charge in [-0.3, -0.25) is 9.59 Å². The van der Waals surface area contributed by atoms with Crippen LogP contribution in [0, 0.1) is 6.92 Å². The molecule has 0 bridgehead atoms. The topological polar surface area (TPSA) is 67.9 Å². The van der Waals surface area contributed by atoms with E-state index in [0.717, 1.165) is 22.6 Å². The fourth-order valence-electron chi connectivity index (χ4n) is 3.17. The Bertz CT molecular complexity index is 848. The Balaban J connectivity index is 1.53. The van der Waals surface area contributed by atoms with E-state index in [2.05, 4.69) is 5.32 Å². The summed E-state index contributed by atoms with van der Waals surface area (Å²) in [7, 11) is 1.61. The number of hydrogen-bond acceptors (Lipinski definition) is 4. The highest BCUT2D eigenvalue weighted by Crippen LogP contribution is 2.34. The van der Waals surface area contributed by atoms with E-state index in [0.29, 0.717) is 18.8 Å². The molecule has 0 aromatic heterocycles. The summed E-state index contributed by atoms with van der Waals surface area (Å²) in [5, 5.41) is 2.86. The van der Waals surface area contributed by atoms with Crippen molar-refractivity contribution in [3.05, 3.63) is 53.6 Å². The Morgan fingerprint density at radius 3 is 2.64 bits per heavy atom. The van der Waals surface area contributed by atoms with Crippen molar-refractivity contribution >= 4 is 17.5 Å². The molecule has 2 aromatic carbocycles. The maximum absolute atomic E-state index is 12.7. The molecule has 6 nitrogen and oxygen atoms in total. The number of nitrogens with one attached hydrogen (secondary N) is 1. The minimum absolute atomic E-state index is 0.0680. The zero-order chi connectivity index (χ0) is 20.1. The summed E-state index contributed by atoms with van der Waals surface area (Å²) < 4.78 is 10.9. The molecule has 28 heavy (non-hydrogen) atoms. The largest absolute Gasteiger partial charge is 0.497 e. The van der Waals surface area contributed by atoms with Crippen molar-refractivity contribution in [1.82, 2.24) is 5.32 Å². The average Bonchev–Trinajstić information content (AvgIpc) is 2.70. The van der Waals surface area contributed by atoms with Gasteiger partial charge in [-0.2, -0.15) is 0 Å². The molecule has 0 fully saturated rings. The second-order valence-corrected chi connectivity index (χ2v) is 7.03. The van der Waals surface area contributed by atoms with E-state index < -0.39 is 0 Å². The number of aryl methyl sites for hydroxylation is 1. The van der Waals surface area contributed by atoms with Gasteiger partial charge in [0, 0.05) is 19.4 Å². The van der Waals surface area contributed by atoms with E-state index in [-0.39, 0.29) is 30.8 Å². The van der Waals surface area contributed by atoms with Gasteiger partial charge in [0.1, 0.15) is 17.6 Å². The Morgan fingerprint density at radius 1 is 1.18 bits per heavy atom. The number of fused-ring (bicyclic) bond motifs is 1. The van der Waals surface area contributed by atoms with Gasteiger partial charge >= 0.3 is 0 Å². The van der Waals surface area contributed by atoms with Crippen molar-refractivity contribution in [3.63, 3.8) is 0 Å². The quantitative estimate of drug-likeness (QED) is 0.833. The molecule has 2 amide bonds. The second-order valence-electron chi connectivity index (χ2n) is 7.03. The summed E-state index contributed by atoms with van der Waals surface area (Å²) in [5.74, 6) is 1.27. The first-order valence-corrected chi connectivity index (χ1v) is 9.43. The van der Waals surface area contributed by atoms with Crippen LogP contribution in [-0.2, 0) is 16.1 Å². The van der Waals surface area contributed by atoms with Crippen LogP contribution in [0.15, 0.2) is 42.5 Å². The second kappa shape index (κ2) is 8.78. The van der Waals surface area contributed by atoms with Gasteiger partial charge in [0.05, 0.1) is 19.3 Å². The number of ether oxygens (including phenoxy) is 2. The summed E-state index contributed by atoms with van der Waals surface area (Å²) in [4.78, 5) is 26.6. The minimum atomic E-state index is -0.144. The molecular weight excluding hydrogens is 356 g/mol. The van der Waals surface area contributed by atoms with Crippen LogP contribution in [-0.4, -0.2) is 31.6 Å². The number of nitrogens with zero attached hydrogens (tertiary/aromatic N) is 1. The van der Waals surface area contributed by atoms with Gasteiger partial charge in [-0.1, -0.05) is 18.2 Å². The molecule has 0 saturated carbocycles. The van der Waals surface area contributed by atoms with Crippen LogP contribution in [0.3, 0.4) is 0 Å². The molecule has 0 radical (unpaired) electrons. The number of benzene rings is 2. The van der Waals surface area contributed by atoms with E-state index in [9.17, 15) is 9.59 Å². The first-order chi connectivity index (χ1) is 13.5. The third kappa shape index (κ3) is 4.82. The normalized spacial score (nSPS) is 15.4. The first-order valence-electron chi connectivity index (χ1n) is 9.43. The number of carbonyl (C=O) groups is 2. The molecule has 2 aromatic rings. The van der Waals surface area contributed by atoms with E-state index in [1.807, 2.05) is 56.3 Å². The van der Waals surface area contributed by atoms with Crippen LogP contribution < -0.4 is 19.7 Å². The summed E-state index contributed by atoms with van der Waals surface area (Å²) in [5.41, 5.74) is 2.82. The van der Waals surface area contributed by atoms with Gasteiger partial charge in [-0.25, -0.2) is 0 Å². The van der Waals surface area contributed by atoms with Crippen molar-refractivity contribution in [2.24, 2.45) is 0 Å². The monoisotopic (exact) mass is 382 g/mol. The fraction of sp³-hybridized carbons (Fsp3) is 0.364. The highest BCUT2D eigenvalue weighted by molar-refractivity contribution is 5.97. The van der Waals surface area contributed by atoms with Crippen molar-refractivity contribution in [2.45, 2.75) is 39.3 Å². The van der Waals surface area contributed by atoms with Gasteiger partial charge in [-0.15, -0.1) is 0 Å². The van der Waals surface area contributed by atoms with Crippen LogP contribution in [0.4, 0.5) is 5.69 Å². The van der Waals surface area contributed by atoms with Crippen molar-refractivity contribution < 1.29 is 19.1 Å². The van der Waals surface area contributed by atoms with E-state index in [4.69, 9.17) is 9.47 Å². The van der Waals surface area contributed by atoms with Crippen LogP contribution in [0.2, 0.25) is 0 Å². The van der Waals surface area contributed by atoms with E-state index >= 15 is 0 Å². The van der Waals surface area contributed by atoms with Crippen LogP contribution in [0.1, 0.15) is 30.9 Å². The number of carbonyl (C=O) groups excluding carboxylic acids is 2. The van der Waals surface area contributed by atoms with Gasteiger partial charge in [0.2, 0.25) is 11.8 Å². The average molecular weight is 382 g/mol. The first kappa shape index (κ1) is 19.7. The Hall–Kier alpha value is -3.02. The standard InChI is InChI=1S/C22H26N2O4/c1-15-4-9-20-19(12-15)24(14-16(2)28-20)22(26)11-10-21(25)23-13-17-5-7-18(27-3)8-6-17/h4-9,12,16H,10-11,13-14H2,1-3H3,(H,23,25)/t16-/m0/s1. The lowest BCUT2D eigenvalue weighted by atomic mass is 10.1. The number of methoxy groups -OCH3 is 1. The van der Waals surface area contributed by atoms with Crippen LogP contribution in [0.25, 0.3) is 0 Å². The summed E-state index contributed by atoms with van der Waals surface area (Å²) in [6.07, 6.45) is 0.235. The third-order valence-corrected chi connectivity index (χ3v) is 4.69. The maximum atomic E-state index is 12.7. The lowest BCUT2D eigenvalue weighted by Gasteiger charge is -2.33. The molecule has 0 unspecified atom stereocenters. The lowest BCUT2D eigenvalue weighted by molar-refractivity contribution is -0.125. The Morgan fingerprint density at radius 2 is 1.93 bits per heavy atom. The molecule has 0 aliphatic carbocycles.